The standard InChI is InChI=1S/C23H23N5O2/c1-30-19-5-2-15(3-6-19)13-28-14-17-10-18(4-7-20(17)22(28)29)26-23-25-11-16-8-9-24-12-21(16)27-23/h2-7,10-11,24H,8-9,12-14H2,1H3,(H,25,26,27). The van der Waals surface area contributed by atoms with Crippen molar-refractivity contribution in [2.24, 2.45) is 0 Å². The molecule has 0 saturated carbocycles. The minimum Gasteiger partial charge on any atom is -0.497 e. The largest absolute Gasteiger partial charge is 0.497 e. The molecule has 0 unspecified atom stereocenters. The summed E-state index contributed by atoms with van der Waals surface area (Å²) in [7, 11) is 1.65. The summed E-state index contributed by atoms with van der Waals surface area (Å²) in [5.41, 5.74) is 5.97. The molecule has 0 bridgehead atoms. The molecule has 3 heterocycles. The van der Waals surface area contributed by atoms with Crippen LogP contribution >= 0.6 is 0 Å². The van der Waals surface area contributed by atoms with Crippen LogP contribution in [0.5, 0.6) is 5.75 Å². The Labute approximate surface area is 175 Å². The molecule has 0 radical (unpaired) electrons. The number of carbonyl (C=O) groups is 1. The molecule has 5 rings (SSSR count). The Bertz CT molecular complexity index is 1100. The molecule has 0 aliphatic carbocycles. The van der Waals surface area contributed by atoms with E-state index in [1.54, 1.807) is 7.11 Å². The summed E-state index contributed by atoms with van der Waals surface area (Å²) >= 11 is 0. The van der Waals surface area contributed by atoms with Crippen LogP contribution in [0.1, 0.15) is 32.7 Å². The van der Waals surface area contributed by atoms with E-state index in [-0.39, 0.29) is 5.91 Å². The van der Waals surface area contributed by atoms with Gasteiger partial charge in [0, 0.05) is 37.1 Å². The SMILES string of the molecule is COc1ccc(CN2Cc3cc(Nc4ncc5c(n4)CNCC5)ccc3C2=O)cc1. The van der Waals surface area contributed by atoms with E-state index < -0.39 is 0 Å². The Hall–Kier alpha value is -3.45. The maximum absolute atomic E-state index is 12.8. The average Bonchev–Trinajstić information content (AvgIpc) is 3.09. The van der Waals surface area contributed by atoms with E-state index in [9.17, 15) is 4.79 Å². The van der Waals surface area contributed by atoms with Gasteiger partial charge in [0.05, 0.1) is 12.8 Å². The van der Waals surface area contributed by atoms with Crippen molar-refractivity contribution in [3.05, 3.63) is 76.6 Å². The van der Waals surface area contributed by atoms with Crippen molar-refractivity contribution in [3.63, 3.8) is 0 Å². The van der Waals surface area contributed by atoms with Crippen molar-refractivity contribution in [2.75, 3.05) is 19.0 Å². The Morgan fingerprint density at radius 1 is 1.17 bits per heavy atom. The second kappa shape index (κ2) is 7.76. The first kappa shape index (κ1) is 18.6. The van der Waals surface area contributed by atoms with Crippen LogP contribution in [0.4, 0.5) is 11.6 Å². The number of benzene rings is 2. The summed E-state index contributed by atoms with van der Waals surface area (Å²) in [6.07, 6.45) is 2.86. The first-order valence-corrected chi connectivity index (χ1v) is 10.1. The number of fused-ring (bicyclic) bond motifs is 2. The van der Waals surface area contributed by atoms with E-state index in [0.717, 1.165) is 53.3 Å². The number of amides is 1. The maximum atomic E-state index is 12.8. The lowest BCUT2D eigenvalue weighted by Gasteiger charge is -2.16. The van der Waals surface area contributed by atoms with Crippen LogP contribution in [0, 0.1) is 0 Å². The smallest absolute Gasteiger partial charge is 0.254 e. The second-order valence-electron chi connectivity index (χ2n) is 7.60. The number of ether oxygens (including phenoxy) is 1. The van der Waals surface area contributed by atoms with Crippen LogP contribution in [0.3, 0.4) is 0 Å². The van der Waals surface area contributed by atoms with Crippen molar-refractivity contribution in [1.82, 2.24) is 20.2 Å². The first-order valence-electron chi connectivity index (χ1n) is 10.1. The number of anilines is 2. The highest BCUT2D eigenvalue weighted by atomic mass is 16.5. The van der Waals surface area contributed by atoms with Crippen LogP contribution in [0.15, 0.2) is 48.7 Å². The fourth-order valence-corrected chi connectivity index (χ4v) is 3.96. The van der Waals surface area contributed by atoms with Crippen molar-refractivity contribution in [3.8, 4) is 5.75 Å². The van der Waals surface area contributed by atoms with Crippen molar-refractivity contribution >= 4 is 17.5 Å². The van der Waals surface area contributed by atoms with Gasteiger partial charge in [0.2, 0.25) is 5.95 Å². The predicted octanol–water partition coefficient (Wildman–Crippen LogP) is 3.03. The number of carbonyl (C=O) groups excluding carboxylic acids is 1. The summed E-state index contributed by atoms with van der Waals surface area (Å²) in [6, 6.07) is 13.6. The number of hydrogen-bond acceptors (Lipinski definition) is 6. The van der Waals surface area contributed by atoms with E-state index >= 15 is 0 Å². The first-order chi connectivity index (χ1) is 14.7. The van der Waals surface area contributed by atoms with Gasteiger partial charge in [-0.3, -0.25) is 4.79 Å². The highest BCUT2D eigenvalue weighted by Crippen LogP contribution is 2.28. The predicted molar refractivity (Wildman–Crippen MR) is 114 cm³/mol. The van der Waals surface area contributed by atoms with Crippen molar-refractivity contribution in [2.45, 2.75) is 26.1 Å². The van der Waals surface area contributed by atoms with Gasteiger partial charge in [-0.25, -0.2) is 9.97 Å². The number of nitrogens with zero attached hydrogens (tertiary/aromatic N) is 3. The summed E-state index contributed by atoms with van der Waals surface area (Å²) in [4.78, 5) is 23.7. The number of rotatable bonds is 5. The van der Waals surface area contributed by atoms with Gasteiger partial charge in [-0.2, -0.15) is 0 Å². The van der Waals surface area contributed by atoms with E-state index in [2.05, 4.69) is 20.6 Å². The fraction of sp³-hybridized carbons (Fsp3) is 0.261. The van der Waals surface area contributed by atoms with Gasteiger partial charge in [0.1, 0.15) is 5.75 Å². The zero-order valence-electron chi connectivity index (χ0n) is 16.8. The molecule has 2 N–H and O–H groups in total. The normalized spacial score (nSPS) is 15.0. The monoisotopic (exact) mass is 401 g/mol. The summed E-state index contributed by atoms with van der Waals surface area (Å²) in [6.45, 7) is 2.90. The molecule has 0 fully saturated rings. The zero-order valence-corrected chi connectivity index (χ0v) is 16.8. The lowest BCUT2D eigenvalue weighted by atomic mass is 10.1. The third-order valence-corrected chi connectivity index (χ3v) is 5.59. The Morgan fingerprint density at radius 2 is 2.03 bits per heavy atom. The highest BCUT2D eigenvalue weighted by Gasteiger charge is 2.27. The van der Waals surface area contributed by atoms with Crippen LogP contribution in [-0.4, -0.2) is 34.4 Å². The Morgan fingerprint density at radius 3 is 2.87 bits per heavy atom. The average molecular weight is 401 g/mol. The summed E-state index contributed by atoms with van der Waals surface area (Å²) in [5.74, 6) is 1.45. The minimum absolute atomic E-state index is 0.0588. The molecule has 7 nitrogen and oxygen atoms in total. The fourth-order valence-electron chi connectivity index (χ4n) is 3.96. The lowest BCUT2D eigenvalue weighted by Crippen LogP contribution is -2.25. The molecule has 0 atom stereocenters. The molecule has 1 amide bonds. The van der Waals surface area contributed by atoms with E-state index in [0.29, 0.717) is 19.0 Å². The molecule has 3 aromatic rings. The Kier molecular flexibility index (Phi) is 4.80. The van der Waals surface area contributed by atoms with Gasteiger partial charge in [-0.15, -0.1) is 0 Å². The number of nitrogens with one attached hydrogen (secondary N) is 2. The molecule has 7 heteroatoms. The molecule has 0 spiro atoms. The zero-order chi connectivity index (χ0) is 20.5. The van der Waals surface area contributed by atoms with E-state index in [4.69, 9.17) is 4.74 Å². The Balaban J connectivity index is 1.30. The van der Waals surface area contributed by atoms with E-state index in [1.165, 1.54) is 5.56 Å². The quantitative estimate of drug-likeness (QED) is 0.684. The molecule has 0 saturated heterocycles. The van der Waals surface area contributed by atoms with Crippen molar-refractivity contribution < 1.29 is 9.53 Å². The molecule has 1 aromatic heterocycles. The van der Waals surface area contributed by atoms with Gasteiger partial charge >= 0.3 is 0 Å². The summed E-state index contributed by atoms with van der Waals surface area (Å²) < 4.78 is 5.20. The number of aromatic nitrogens is 2. The molecule has 152 valence electrons. The van der Waals surface area contributed by atoms with Crippen LogP contribution in [0.2, 0.25) is 0 Å². The molecule has 2 aromatic carbocycles. The topological polar surface area (TPSA) is 79.4 Å². The third-order valence-electron chi connectivity index (χ3n) is 5.59. The van der Waals surface area contributed by atoms with Crippen LogP contribution in [0.25, 0.3) is 0 Å². The molecular formula is C23H23N5O2. The van der Waals surface area contributed by atoms with Crippen LogP contribution in [-0.2, 0) is 26.1 Å². The molecular weight excluding hydrogens is 378 g/mol. The van der Waals surface area contributed by atoms with Gasteiger partial charge in [0.15, 0.2) is 0 Å². The highest BCUT2D eigenvalue weighted by molar-refractivity contribution is 5.98. The molecule has 2 aliphatic heterocycles. The summed E-state index contributed by atoms with van der Waals surface area (Å²) in [5, 5.41) is 6.62. The van der Waals surface area contributed by atoms with Gasteiger partial charge < -0.3 is 20.3 Å². The number of hydrogen-bond donors (Lipinski definition) is 2. The second-order valence-corrected chi connectivity index (χ2v) is 7.60. The third kappa shape index (κ3) is 3.59. The van der Waals surface area contributed by atoms with Gasteiger partial charge in [-0.1, -0.05) is 12.1 Å². The molecule has 30 heavy (non-hydrogen) atoms. The minimum atomic E-state index is 0.0588. The number of methoxy groups -OCH3 is 1. The van der Waals surface area contributed by atoms with Crippen molar-refractivity contribution in [1.29, 1.82) is 0 Å². The van der Waals surface area contributed by atoms with Gasteiger partial charge in [0.25, 0.3) is 5.91 Å². The van der Waals surface area contributed by atoms with Crippen LogP contribution < -0.4 is 15.4 Å². The molecule has 2 aliphatic rings. The maximum Gasteiger partial charge on any atom is 0.254 e. The lowest BCUT2D eigenvalue weighted by molar-refractivity contribution is 0.0766. The van der Waals surface area contributed by atoms with E-state index in [1.807, 2.05) is 53.6 Å². The van der Waals surface area contributed by atoms with Gasteiger partial charge in [-0.05, 0) is 60.0 Å².